The second kappa shape index (κ2) is 5.81. The minimum Gasteiger partial charge on any atom is -0.455 e. The summed E-state index contributed by atoms with van der Waals surface area (Å²) >= 11 is 6.34. The summed E-state index contributed by atoms with van der Waals surface area (Å²) in [5, 5.41) is 2.31. The zero-order valence-electron chi connectivity index (χ0n) is 13.1. The van der Waals surface area contributed by atoms with Crippen LogP contribution in [-0.4, -0.2) is 39.2 Å². The van der Waals surface area contributed by atoms with Crippen LogP contribution in [-0.2, 0) is 0 Å². The Morgan fingerprint density at radius 2 is 1.32 bits per heavy atom. The number of benzene rings is 3. The molecule has 4 rings (SSSR count). The van der Waals surface area contributed by atoms with Gasteiger partial charge in [-0.05, 0) is 23.8 Å². The Balaban J connectivity index is 2.19. The molecule has 3 aromatic carbocycles. The molecule has 0 bridgehead atoms. The highest BCUT2D eigenvalue weighted by molar-refractivity contribution is 6.68. The lowest BCUT2D eigenvalue weighted by Gasteiger charge is -2.21. The Morgan fingerprint density at radius 3 is 2.00 bits per heavy atom. The van der Waals surface area contributed by atoms with Gasteiger partial charge in [0.2, 0.25) is 0 Å². The molecule has 10 radical (unpaired) electrons. The van der Waals surface area contributed by atoms with Crippen molar-refractivity contribution in [3.8, 4) is 11.1 Å². The van der Waals surface area contributed by atoms with E-state index in [2.05, 4.69) is 0 Å². The van der Waals surface area contributed by atoms with Crippen molar-refractivity contribution in [1.82, 2.24) is 0 Å². The second-order valence-electron chi connectivity index (χ2n) is 5.87. The minimum atomic E-state index is 0.168. The summed E-state index contributed by atoms with van der Waals surface area (Å²) in [5.41, 5.74) is 3.45. The van der Waals surface area contributed by atoms with Crippen LogP contribution in [0.2, 0.25) is 5.02 Å². The summed E-state index contributed by atoms with van der Waals surface area (Å²) in [7, 11) is 30.3. The van der Waals surface area contributed by atoms with Gasteiger partial charge in [0, 0.05) is 21.4 Å². The molecule has 7 heteroatoms. The predicted octanol–water partition coefficient (Wildman–Crippen LogP) is -0.125. The Morgan fingerprint density at radius 1 is 0.720 bits per heavy atom. The molecule has 4 aromatic rings. The van der Waals surface area contributed by atoms with Crippen molar-refractivity contribution in [2.45, 2.75) is 0 Å². The summed E-state index contributed by atoms with van der Waals surface area (Å²) in [6.07, 6.45) is 0. The number of furan rings is 1. The van der Waals surface area contributed by atoms with Crippen molar-refractivity contribution in [2.24, 2.45) is 0 Å². The lowest BCUT2D eigenvalue weighted by Crippen LogP contribution is -2.55. The van der Waals surface area contributed by atoms with Gasteiger partial charge in [-0.1, -0.05) is 40.7 Å². The van der Waals surface area contributed by atoms with Gasteiger partial charge in [0.15, 0.2) is 0 Å². The Labute approximate surface area is 157 Å². The summed E-state index contributed by atoms with van der Waals surface area (Å²) in [5.74, 6) is 0. The molecule has 0 aliphatic carbocycles. The van der Waals surface area contributed by atoms with Crippen molar-refractivity contribution < 1.29 is 4.42 Å². The fraction of sp³-hybridized carbons (Fsp3) is 0. The van der Waals surface area contributed by atoms with Gasteiger partial charge < -0.3 is 4.42 Å². The average Bonchev–Trinajstić information content (AvgIpc) is 2.97. The molecule has 0 unspecified atom stereocenters. The third-order valence-electron chi connectivity index (χ3n) is 4.41. The first-order valence-corrected chi connectivity index (χ1v) is 7.90. The lowest BCUT2D eigenvalue weighted by atomic mass is 9.59. The summed E-state index contributed by atoms with van der Waals surface area (Å²) in [6.45, 7) is 0. The molecule has 1 nitrogen and oxygen atoms in total. The monoisotopic (exact) mass is 328 g/mol. The van der Waals surface area contributed by atoms with Crippen LogP contribution in [0.15, 0.2) is 40.8 Å². The molecule has 0 N–H and O–H groups in total. The largest absolute Gasteiger partial charge is 0.455 e. The van der Waals surface area contributed by atoms with Crippen LogP contribution >= 0.6 is 11.6 Å². The summed E-state index contributed by atoms with van der Waals surface area (Å²) in [4.78, 5) is 0. The Hall–Kier alpha value is -1.93. The second-order valence-corrected chi connectivity index (χ2v) is 6.31. The van der Waals surface area contributed by atoms with Crippen LogP contribution in [0.5, 0.6) is 0 Å². The van der Waals surface area contributed by atoms with Gasteiger partial charge >= 0.3 is 0 Å². The van der Waals surface area contributed by atoms with Crippen LogP contribution in [0.3, 0.4) is 0 Å². The van der Waals surface area contributed by atoms with Crippen molar-refractivity contribution in [3.63, 3.8) is 0 Å². The van der Waals surface area contributed by atoms with Gasteiger partial charge in [0.05, 0.1) is 0 Å². The van der Waals surface area contributed by atoms with Gasteiger partial charge in [0.1, 0.15) is 50.4 Å². The molecule has 0 aliphatic heterocycles. The quantitative estimate of drug-likeness (QED) is 0.444. The number of rotatable bonds is 1. The fourth-order valence-electron chi connectivity index (χ4n) is 3.12. The van der Waals surface area contributed by atoms with E-state index in [-0.39, 0.29) is 27.3 Å². The average molecular weight is 328 g/mol. The van der Waals surface area contributed by atoms with Gasteiger partial charge in [-0.15, -0.1) is 16.4 Å². The number of hydrogen-bond donors (Lipinski definition) is 0. The molecule has 25 heavy (non-hydrogen) atoms. The number of hydrogen-bond acceptors (Lipinski definition) is 1. The number of para-hydroxylation sites is 1. The number of halogens is 1. The first-order valence-electron chi connectivity index (χ1n) is 7.52. The van der Waals surface area contributed by atoms with E-state index in [4.69, 9.17) is 55.2 Å². The highest BCUT2D eigenvalue weighted by Crippen LogP contribution is 2.36. The van der Waals surface area contributed by atoms with E-state index in [0.29, 0.717) is 21.7 Å². The Kier molecular flexibility index (Phi) is 3.84. The molecule has 0 aliphatic rings. The molecule has 106 valence electrons. The van der Waals surface area contributed by atoms with E-state index in [0.717, 1.165) is 16.4 Å². The van der Waals surface area contributed by atoms with Gasteiger partial charge in [-0.2, -0.15) is 0 Å². The van der Waals surface area contributed by atoms with Crippen molar-refractivity contribution in [1.29, 1.82) is 0 Å². The number of fused-ring (bicyclic) bond motifs is 3. The van der Waals surface area contributed by atoms with Crippen LogP contribution in [0.4, 0.5) is 0 Å². The highest BCUT2D eigenvalue weighted by Gasteiger charge is 2.18. The van der Waals surface area contributed by atoms with E-state index in [9.17, 15) is 0 Å². The normalized spacial score (nSPS) is 11.4. The van der Waals surface area contributed by atoms with E-state index in [1.807, 2.05) is 30.3 Å². The summed E-state index contributed by atoms with van der Waals surface area (Å²) < 4.78 is 6.03. The van der Waals surface area contributed by atoms with E-state index < -0.39 is 0 Å². The van der Waals surface area contributed by atoms with E-state index in [1.165, 1.54) is 0 Å². The van der Waals surface area contributed by atoms with E-state index in [1.54, 1.807) is 6.07 Å². The molecule has 0 amide bonds. The van der Waals surface area contributed by atoms with Crippen molar-refractivity contribution in [2.75, 3.05) is 0 Å². The minimum absolute atomic E-state index is 0.168. The van der Waals surface area contributed by atoms with E-state index >= 15 is 0 Å². The first-order chi connectivity index (χ1) is 11.9. The lowest BCUT2D eigenvalue weighted by molar-refractivity contribution is 0.670. The molecule has 0 spiro atoms. The van der Waals surface area contributed by atoms with Gasteiger partial charge in [-0.3, -0.25) is 0 Å². The fourth-order valence-corrected chi connectivity index (χ4v) is 3.34. The molecule has 0 atom stereocenters. The van der Waals surface area contributed by atoms with Crippen LogP contribution < -0.4 is 27.3 Å². The molecular weight excluding hydrogens is 322 g/mol. The zero-order valence-corrected chi connectivity index (χ0v) is 13.9. The smallest absolute Gasteiger partial charge is 0.143 e. The van der Waals surface area contributed by atoms with Gasteiger partial charge in [-0.25, -0.2) is 0 Å². The van der Waals surface area contributed by atoms with Crippen molar-refractivity contribution in [3.05, 3.63) is 41.4 Å². The molecule has 1 aromatic heterocycles. The maximum absolute atomic E-state index is 6.34. The third kappa shape index (κ3) is 2.38. The van der Waals surface area contributed by atoms with Crippen molar-refractivity contribution >= 4 is 100 Å². The maximum atomic E-state index is 6.34. The zero-order chi connectivity index (χ0) is 17.9. The Bertz CT molecular complexity index is 1140. The predicted molar refractivity (Wildman–Crippen MR) is 111 cm³/mol. The first kappa shape index (κ1) is 16.5. The van der Waals surface area contributed by atoms with Crippen LogP contribution in [0.1, 0.15) is 0 Å². The van der Waals surface area contributed by atoms with Gasteiger partial charge in [0.25, 0.3) is 0 Å². The molecule has 0 fully saturated rings. The summed E-state index contributed by atoms with van der Waals surface area (Å²) in [6, 6.07) is 11.2. The SMILES string of the molecule is [B]c1c([B])c([B])c(-c2cc(Cl)cc3c2oc2ccccc23)c([B])c1[B]. The van der Waals surface area contributed by atoms with Crippen LogP contribution in [0, 0.1) is 0 Å². The molecule has 0 saturated carbocycles. The third-order valence-corrected chi connectivity index (χ3v) is 4.63. The standard InChI is InChI=1S/C18H6B5ClO/c19-13-12(14(20)16(22)17(23)15(13)21)10-6-7(24)5-9-8-3-1-2-4-11(8)25-18(9)10/h1-6H. The molecular formula is C18H6B5ClO. The highest BCUT2D eigenvalue weighted by atomic mass is 35.5. The van der Waals surface area contributed by atoms with Crippen LogP contribution in [0.25, 0.3) is 33.1 Å². The topological polar surface area (TPSA) is 13.1 Å². The maximum Gasteiger partial charge on any atom is 0.143 e. The molecule has 0 saturated heterocycles. The molecule has 1 heterocycles.